The van der Waals surface area contributed by atoms with Crippen molar-refractivity contribution in [2.75, 3.05) is 5.75 Å². The fourth-order valence-electron chi connectivity index (χ4n) is 2.47. The molecule has 2 aromatic rings. The molecule has 0 atom stereocenters. The lowest BCUT2D eigenvalue weighted by atomic mass is 10.1. The number of aromatic amines is 2. The van der Waals surface area contributed by atoms with Crippen LogP contribution in [0.5, 0.6) is 0 Å². The summed E-state index contributed by atoms with van der Waals surface area (Å²) < 4.78 is 5.18. The summed E-state index contributed by atoms with van der Waals surface area (Å²) in [4.78, 5) is 40.2. The Hall–Kier alpha value is -2.28. The second kappa shape index (κ2) is 6.87. The highest BCUT2D eigenvalue weighted by Crippen LogP contribution is 2.29. The number of H-pyrrole nitrogens is 2. The average Bonchev–Trinajstić information content (AvgIpc) is 2.76. The Kier molecular flexibility index (Phi) is 4.66. The summed E-state index contributed by atoms with van der Waals surface area (Å²) in [6, 6.07) is 6.77. The summed E-state index contributed by atoms with van der Waals surface area (Å²) >= 11 is 1.81. The van der Waals surface area contributed by atoms with Crippen molar-refractivity contribution in [1.82, 2.24) is 9.97 Å². The lowest BCUT2D eigenvalue weighted by molar-refractivity contribution is 0.0467. The Morgan fingerprint density at radius 2 is 2.04 bits per heavy atom. The molecular weight excluding hydrogens is 316 g/mol. The quantitative estimate of drug-likeness (QED) is 0.837. The molecule has 0 aliphatic carbocycles. The Bertz CT molecular complexity index is 812. The molecule has 0 saturated carbocycles. The van der Waals surface area contributed by atoms with Crippen molar-refractivity contribution < 1.29 is 9.53 Å². The van der Waals surface area contributed by atoms with Crippen molar-refractivity contribution in [1.29, 1.82) is 0 Å². The van der Waals surface area contributed by atoms with Gasteiger partial charge in [0, 0.05) is 11.0 Å². The molecule has 1 aromatic heterocycles. The minimum Gasteiger partial charge on any atom is -0.456 e. The van der Waals surface area contributed by atoms with Gasteiger partial charge in [-0.05, 0) is 48.8 Å². The highest BCUT2D eigenvalue weighted by Gasteiger charge is 2.13. The van der Waals surface area contributed by atoms with E-state index in [4.69, 9.17) is 4.74 Å². The molecule has 0 spiro atoms. The second-order valence-corrected chi connectivity index (χ2v) is 6.45. The van der Waals surface area contributed by atoms with Crippen molar-refractivity contribution in [3.8, 4) is 0 Å². The Morgan fingerprint density at radius 1 is 1.17 bits per heavy atom. The molecule has 0 amide bonds. The van der Waals surface area contributed by atoms with Crippen LogP contribution in [0.2, 0.25) is 0 Å². The summed E-state index contributed by atoms with van der Waals surface area (Å²) in [6.45, 7) is -0.149. The maximum absolute atomic E-state index is 12.2. The Labute approximate surface area is 136 Å². The summed E-state index contributed by atoms with van der Waals surface area (Å²) in [5, 5.41) is 0. The van der Waals surface area contributed by atoms with Crippen LogP contribution in [0.4, 0.5) is 0 Å². The van der Waals surface area contributed by atoms with Gasteiger partial charge in [0.2, 0.25) is 0 Å². The lowest BCUT2D eigenvalue weighted by Crippen LogP contribution is -2.23. The number of aryl methyl sites for hydroxylation is 1. The van der Waals surface area contributed by atoms with Gasteiger partial charge in [0.15, 0.2) is 0 Å². The van der Waals surface area contributed by atoms with Crippen LogP contribution in [0, 0.1) is 0 Å². The number of thioether (sulfide) groups is 1. The highest BCUT2D eigenvalue weighted by molar-refractivity contribution is 7.99. The standard InChI is InChI=1S/C16H16N2O4S/c19-14-8-12(17-16(21)18-14)9-22-15(20)11-4-5-13-10(7-11)3-1-2-6-23-13/h4-5,7-8H,1-3,6,9H2,(H2,17,18,19,21). The molecule has 0 bridgehead atoms. The van der Waals surface area contributed by atoms with E-state index in [0.29, 0.717) is 5.56 Å². The molecule has 6 nitrogen and oxygen atoms in total. The molecule has 2 N–H and O–H groups in total. The fraction of sp³-hybridized carbons (Fsp3) is 0.312. The molecule has 1 aliphatic rings. The number of carbonyl (C=O) groups is 1. The summed E-state index contributed by atoms with van der Waals surface area (Å²) in [5.74, 6) is 0.635. The molecule has 0 saturated heterocycles. The second-order valence-electron chi connectivity index (χ2n) is 5.32. The maximum Gasteiger partial charge on any atom is 0.338 e. The maximum atomic E-state index is 12.2. The van der Waals surface area contributed by atoms with E-state index in [1.807, 2.05) is 23.9 Å². The van der Waals surface area contributed by atoms with Gasteiger partial charge in [-0.25, -0.2) is 9.59 Å². The first-order valence-electron chi connectivity index (χ1n) is 7.37. The molecule has 0 fully saturated rings. The SMILES string of the molecule is O=C(OCc1cc(=O)[nH]c(=O)[nH]1)c1ccc2c(c1)CCCCS2. The van der Waals surface area contributed by atoms with Gasteiger partial charge in [0.05, 0.1) is 11.3 Å². The van der Waals surface area contributed by atoms with E-state index in [-0.39, 0.29) is 12.3 Å². The summed E-state index contributed by atoms with van der Waals surface area (Å²) in [6.07, 6.45) is 3.26. The van der Waals surface area contributed by atoms with Crippen LogP contribution >= 0.6 is 11.8 Å². The van der Waals surface area contributed by atoms with Gasteiger partial charge in [-0.2, -0.15) is 0 Å². The van der Waals surface area contributed by atoms with Crippen LogP contribution in [0.15, 0.2) is 38.8 Å². The minimum absolute atomic E-state index is 0.149. The largest absolute Gasteiger partial charge is 0.456 e. The van der Waals surface area contributed by atoms with Crippen molar-refractivity contribution >= 4 is 17.7 Å². The molecule has 0 unspecified atom stereocenters. The molecule has 2 heterocycles. The van der Waals surface area contributed by atoms with Gasteiger partial charge < -0.3 is 9.72 Å². The van der Waals surface area contributed by atoms with Gasteiger partial charge in [-0.3, -0.25) is 9.78 Å². The van der Waals surface area contributed by atoms with E-state index in [1.54, 1.807) is 6.07 Å². The molecule has 120 valence electrons. The number of fused-ring (bicyclic) bond motifs is 1. The minimum atomic E-state index is -0.620. The summed E-state index contributed by atoms with van der Waals surface area (Å²) in [7, 11) is 0. The first-order valence-corrected chi connectivity index (χ1v) is 8.36. The number of rotatable bonds is 3. The smallest absolute Gasteiger partial charge is 0.338 e. The highest BCUT2D eigenvalue weighted by atomic mass is 32.2. The van der Waals surface area contributed by atoms with E-state index < -0.39 is 17.2 Å². The number of aromatic nitrogens is 2. The molecular formula is C16H16N2O4S. The number of carbonyl (C=O) groups excluding carboxylic acids is 1. The van der Waals surface area contributed by atoms with Crippen molar-refractivity contribution in [3.05, 3.63) is 61.9 Å². The first kappa shape index (κ1) is 15.6. The Morgan fingerprint density at radius 3 is 2.87 bits per heavy atom. The molecule has 23 heavy (non-hydrogen) atoms. The number of hydrogen-bond donors (Lipinski definition) is 2. The molecule has 1 aliphatic heterocycles. The topological polar surface area (TPSA) is 92.0 Å². The predicted molar refractivity (Wildman–Crippen MR) is 86.9 cm³/mol. The Balaban J connectivity index is 1.72. The first-order chi connectivity index (χ1) is 11.1. The average molecular weight is 332 g/mol. The zero-order valence-corrected chi connectivity index (χ0v) is 13.2. The van der Waals surface area contributed by atoms with E-state index >= 15 is 0 Å². The van der Waals surface area contributed by atoms with Crippen molar-refractivity contribution in [2.24, 2.45) is 0 Å². The van der Waals surface area contributed by atoms with Crippen LogP contribution in [0.1, 0.15) is 34.5 Å². The predicted octanol–water partition coefficient (Wildman–Crippen LogP) is 1.85. The van der Waals surface area contributed by atoms with E-state index in [1.165, 1.54) is 22.9 Å². The van der Waals surface area contributed by atoms with E-state index in [2.05, 4.69) is 9.97 Å². The zero-order chi connectivity index (χ0) is 16.2. The molecule has 1 aromatic carbocycles. The number of benzene rings is 1. The van der Waals surface area contributed by atoms with Crippen LogP contribution in [0.3, 0.4) is 0 Å². The normalized spacial score (nSPS) is 13.9. The van der Waals surface area contributed by atoms with E-state index in [9.17, 15) is 14.4 Å². The number of hydrogen-bond acceptors (Lipinski definition) is 5. The van der Waals surface area contributed by atoms with Crippen LogP contribution in [-0.2, 0) is 17.8 Å². The van der Waals surface area contributed by atoms with Crippen LogP contribution < -0.4 is 11.2 Å². The lowest BCUT2D eigenvalue weighted by Gasteiger charge is -2.08. The van der Waals surface area contributed by atoms with Gasteiger partial charge in [0.25, 0.3) is 5.56 Å². The molecule has 7 heteroatoms. The molecule has 3 rings (SSSR count). The van der Waals surface area contributed by atoms with Gasteiger partial charge >= 0.3 is 11.7 Å². The van der Waals surface area contributed by atoms with Crippen LogP contribution in [-0.4, -0.2) is 21.7 Å². The third kappa shape index (κ3) is 3.92. The zero-order valence-electron chi connectivity index (χ0n) is 12.4. The van der Waals surface area contributed by atoms with Gasteiger partial charge in [-0.15, -0.1) is 11.8 Å². The van der Waals surface area contributed by atoms with Gasteiger partial charge in [-0.1, -0.05) is 0 Å². The fourth-order valence-corrected chi connectivity index (χ4v) is 3.55. The van der Waals surface area contributed by atoms with Crippen molar-refractivity contribution in [3.63, 3.8) is 0 Å². The number of nitrogens with one attached hydrogen (secondary N) is 2. The molecule has 0 radical (unpaired) electrons. The number of esters is 1. The van der Waals surface area contributed by atoms with Crippen molar-refractivity contribution in [2.45, 2.75) is 30.8 Å². The van der Waals surface area contributed by atoms with E-state index in [0.717, 1.165) is 18.6 Å². The number of ether oxygens (including phenoxy) is 1. The monoisotopic (exact) mass is 332 g/mol. The summed E-state index contributed by atoms with van der Waals surface area (Å²) in [5.41, 5.74) is 0.773. The van der Waals surface area contributed by atoms with Crippen LogP contribution in [0.25, 0.3) is 0 Å². The van der Waals surface area contributed by atoms with Gasteiger partial charge in [0.1, 0.15) is 6.61 Å². The third-order valence-electron chi connectivity index (χ3n) is 3.57. The third-order valence-corrected chi connectivity index (χ3v) is 4.77.